The number of hydrogen-bond donors (Lipinski definition) is 2. The maximum atomic E-state index is 10.9. The zero-order chi connectivity index (χ0) is 13.7. The Hall–Kier alpha value is -1.47. The first-order valence-corrected chi connectivity index (χ1v) is 5.91. The summed E-state index contributed by atoms with van der Waals surface area (Å²) in [5.74, 6) is 0.552. The second-order valence-electron chi connectivity index (χ2n) is 3.99. The van der Waals surface area contributed by atoms with Gasteiger partial charge in [0.2, 0.25) is 11.0 Å². The average molecular weight is 275 g/mol. The predicted molar refractivity (Wildman–Crippen MR) is 68.0 cm³/mol. The van der Waals surface area contributed by atoms with Crippen LogP contribution in [0.15, 0.2) is 0 Å². The van der Waals surface area contributed by atoms with Crippen molar-refractivity contribution in [1.82, 2.24) is 9.97 Å². The van der Waals surface area contributed by atoms with Crippen molar-refractivity contribution in [1.29, 1.82) is 0 Å². The van der Waals surface area contributed by atoms with Crippen molar-refractivity contribution in [3.05, 3.63) is 21.1 Å². The fourth-order valence-electron chi connectivity index (χ4n) is 1.27. The minimum Gasteiger partial charge on any atom is -0.396 e. The van der Waals surface area contributed by atoms with Crippen LogP contribution in [0.5, 0.6) is 0 Å². The molecule has 18 heavy (non-hydrogen) atoms. The highest BCUT2D eigenvalue weighted by Crippen LogP contribution is 2.30. The molecule has 0 aliphatic heterocycles. The van der Waals surface area contributed by atoms with E-state index >= 15 is 0 Å². The smallest absolute Gasteiger partial charge is 0.348 e. The first-order valence-electron chi connectivity index (χ1n) is 5.54. The van der Waals surface area contributed by atoms with Crippen molar-refractivity contribution < 1.29 is 10.0 Å². The molecule has 1 heterocycles. The number of nitrogens with one attached hydrogen (secondary N) is 1. The van der Waals surface area contributed by atoms with Crippen LogP contribution in [0.25, 0.3) is 0 Å². The fraction of sp³-hybridized carbons (Fsp3) is 0.600. The molecule has 0 aromatic carbocycles. The van der Waals surface area contributed by atoms with Gasteiger partial charge in [0, 0.05) is 19.1 Å². The van der Waals surface area contributed by atoms with Gasteiger partial charge in [0.1, 0.15) is 5.82 Å². The van der Waals surface area contributed by atoms with E-state index in [1.165, 1.54) is 0 Å². The van der Waals surface area contributed by atoms with E-state index in [4.69, 9.17) is 16.7 Å². The Balaban J connectivity index is 3.12. The Morgan fingerprint density at radius 1 is 1.50 bits per heavy atom. The van der Waals surface area contributed by atoms with Gasteiger partial charge in [-0.3, -0.25) is 10.1 Å². The Labute approximate surface area is 109 Å². The van der Waals surface area contributed by atoms with Crippen LogP contribution >= 0.6 is 11.6 Å². The second-order valence-corrected chi connectivity index (χ2v) is 4.34. The standard InChI is InChI=1S/C10H15ClN4O3/c1-6(2)9-13-8(11)7(15(17)18)10(14-9)12-4-3-5-16/h6,16H,3-5H2,1-2H3,(H,12,13,14). The molecule has 0 spiro atoms. The Morgan fingerprint density at radius 2 is 2.17 bits per heavy atom. The van der Waals surface area contributed by atoms with Gasteiger partial charge in [0.05, 0.1) is 4.92 Å². The maximum absolute atomic E-state index is 10.9. The Bertz CT molecular complexity index is 439. The SMILES string of the molecule is CC(C)c1nc(Cl)c([N+](=O)[O-])c(NCCCO)n1. The molecule has 0 aliphatic rings. The van der Waals surface area contributed by atoms with Gasteiger partial charge in [-0.05, 0) is 6.42 Å². The molecule has 0 bridgehead atoms. The van der Waals surface area contributed by atoms with Crippen LogP contribution in [-0.4, -0.2) is 33.1 Å². The molecule has 0 saturated carbocycles. The molecule has 1 aromatic heterocycles. The molecule has 0 atom stereocenters. The monoisotopic (exact) mass is 274 g/mol. The number of nitrogens with zero attached hydrogens (tertiary/aromatic N) is 3. The molecule has 0 amide bonds. The van der Waals surface area contributed by atoms with Gasteiger partial charge in [0.25, 0.3) is 0 Å². The number of aromatic nitrogens is 2. The van der Waals surface area contributed by atoms with Crippen molar-refractivity contribution in [3.63, 3.8) is 0 Å². The topological polar surface area (TPSA) is 101 Å². The lowest BCUT2D eigenvalue weighted by molar-refractivity contribution is -0.384. The molecular formula is C10H15ClN4O3. The average Bonchev–Trinajstić information content (AvgIpc) is 2.27. The lowest BCUT2D eigenvalue weighted by atomic mass is 10.2. The summed E-state index contributed by atoms with van der Waals surface area (Å²) in [4.78, 5) is 18.3. The summed E-state index contributed by atoms with van der Waals surface area (Å²) in [6.45, 7) is 4.11. The van der Waals surface area contributed by atoms with E-state index in [0.29, 0.717) is 18.8 Å². The van der Waals surface area contributed by atoms with Crippen molar-refractivity contribution >= 4 is 23.1 Å². The Kier molecular flexibility index (Phi) is 5.24. The number of nitro groups is 1. The van der Waals surface area contributed by atoms with Crippen LogP contribution in [0, 0.1) is 10.1 Å². The van der Waals surface area contributed by atoms with Crippen LogP contribution in [0.4, 0.5) is 11.5 Å². The molecular weight excluding hydrogens is 260 g/mol. The lowest BCUT2D eigenvalue weighted by Gasteiger charge is -2.09. The Morgan fingerprint density at radius 3 is 2.67 bits per heavy atom. The van der Waals surface area contributed by atoms with Crippen LogP contribution in [0.1, 0.15) is 32.0 Å². The number of anilines is 1. The predicted octanol–water partition coefficient (Wildman–Crippen LogP) is 1.96. The van der Waals surface area contributed by atoms with Gasteiger partial charge in [-0.15, -0.1) is 0 Å². The summed E-state index contributed by atoms with van der Waals surface area (Å²) in [6, 6.07) is 0. The number of halogens is 1. The van der Waals surface area contributed by atoms with E-state index in [-0.39, 0.29) is 29.2 Å². The maximum Gasteiger partial charge on any atom is 0.348 e. The second kappa shape index (κ2) is 6.46. The third kappa shape index (κ3) is 3.51. The molecule has 0 fully saturated rings. The van der Waals surface area contributed by atoms with Crippen LogP contribution in [0.2, 0.25) is 5.15 Å². The van der Waals surface area contributed by atoms with E-state index in [1.54, 1.807) is 0 Å². The minimum absolute atomic E-state index is 0.00332. The van der Waals surface area contributed by atoms with Crippen molar-refractivity contribution in [3.8, 4) is 0 Å². The van der Waals surface area contributed by atoms with E-state index in [0.717, 1.165) is 0 Å². The van der Waals surface area contributed by atoms with E-state index in [9.17, 15) is 10.1 Å². The molecule has 2 N–H and O–H groups in total. The summed E-state index contributed by atoms with van der Waals surface area (Å²) < 4.78 is 0. The summed E-state index contributed by atoms with van der Waals surface area (Å²) in [6.07, 6.45) is 0.468. The molecule has 1 rings (SSSR count). The van der Waals surface area contributed by atoms with Crippen LogP contribution in [-0.2, 0) is 0 Å². The number of aliphatic hydroxyl groups is 1. The largest absolute Gasteiger partial charge is 0.396 e. The van der Waals surface area contributed by atoms with Crippen molar-refractivity contribution in [2.24, 2.45) is 0 Å². The normalized spacial score (nSPS) is 10.7. The molecule has 0 radical (unpaired) electrons. The molecule has 0 saturated heterocycles. The lowest BCUT2D eigenvalue weighted by Crippen LogP contribution is -2.11. The highest BCUT2D eigenvalue weighted by Gasteiger charge is 2.24. The molecule has 7 nitrogen and oxygen atoms in total. The number of rotatable bonds is 6. The van der Waals surface area contributed by atoms with Crippen LogP contribution < -0.4 is 5.32 Å². The molecule has 0 aliphatic carbocycles. The summed E-state index contributed by atoms with van der Waals surface area (Å²) >= 11 is 5.80. The van der Waals surface area contributed by atoms with Gasteiger partial charge in [-0.25, -0.2) is 9.97 Å². The van der Waals surface area contributed by atoms with Crippen LogP contribution in [0.3, 0.4) is 0 Å². The van der Waals surface area contributed by atoms with Gasteiger partial charge in [0.15, 0.2) is 0 Å². The highest BCUT2D eigenvalue weighted by molar-refractivity contribution is 6.31. The first-order chi connectivity index (χ1) is 8.47. The van der Waals surface area contributed by atoms with Gasteiger partial charge < -0.3 is 10.4 Å². The molecule has 1 aromatic rings. The molecule has 100 valence electrons. The van der Waals surface area contributed by atoms with Gasteiger partial charge in [-0.2, -0.15) is 0 Å². The van der Waals surface area contributed by atoms with Crippen molar-refractivity contribution in [2.45, 2.75) is 26.2 Å². The van der Waals surface area contributed by atoms with Gasteiger partial charge >= 0.3 is 5.69 Å². The zero-order valence-electron chi connectivity index (χ0n) is 10.2. The quantitative estimate of drug-likeness (QED) is 0.356. The van der Waals surface area contributed by atoms with Crippen molar-refractivity contribution in [2.75, 3.05) is 18.5 Å². The highest BCUT2D eigenvalue weighted by atomic mass is 35.5. The van der Waals surface area contributed by atoms with Gasteiger partial charge in [-0.1, -0.05) is 25.4 Å². The summed E-state index contributed by atoms with van der Waals surface area (Å²) in [5.41, 5.74) is -0.334. The molecule has 0 unspecified atom stereocenters. The number of aliphatic hydroxyl groups excluding tert-OH is 1. The zero-order valence-corrected chi connectivity index (χ0v) is 10.9. The third-order valence-electron chi connectivity index (χ3n) is 2.19. The summed E-state index contributed by atoms with van der Waals surface area (Å²) in [5, 5.41) is 22.2. The fourth-order valence-corrected chi connectivity index (χ4v) is 1.52. The minimum atomic E-state index is -0.617. The molecule has 8 heteroatoms. The number of hydrogen-bond acceptors (Lipinski definition) is 6. The van der Waals surface area contributed by atoms with E-state index in [2.05, 4.69) is 15.3 Å². The third-order valence-corrected chi connectivity index (χ3v) is 2.45. The summed E-state index contributed by atoms with van der Waals surface area (Å²) in [7, 11) is 0. The van der Waals surface area contributed by atoms with E-state index < -0.39 is 4.92 Å². The van der Waals surface area contributed by atoms with E-state index in [1.807, 2.05) is 13.8 Å². The first kappa shape index (κ1) is 14.6.